The molecule has 0 spiro atoms. The van der Waals surface area contributed by atoms with E-state index < -0.39 is 12.5 Å². The molecular formula is C4H4F2N2. The maximum atomic E-state index is 11.5. The molecule has 0 bridgehead atoms. The summed E-state index contributed by atoms with van der Waals surface area (Å²) in [4.78, 5) is 3.39. The Morgan fingerprint density at radius 1 is 1.62 bits per heavy atom. The maximum absolute atomic E-state index is 11.5. The van der Waals surface area contributed by atoms with Crippen LogP contribution in [-0.4, -0.2) is 25.4 Å². The zero-order chi connectivity index (χ0) is 5.98. The number of aliphatic imine (C=N–C) groups is 1. The van der Waals surface area contributed by atoms with E-state index in [1.165, 1.54) is 0 Å². The van der Waals surface area contributed by atoms with Crippen molar-refractivity contribution < 1.29 is 8.78 Å². The molecule has 0 saturated carbocycles. The van der Waals surface area contributed by atoms with Crippen molar-refractivity contribution >= 4 is 6.34 Å². The fourth-order valence-corrected chi connectivity index (χ4v) is 0.426. The molecule has 0 aromatic heterocycles. The topological polar surface area (TPSA) is 26.5 Å². The van der Waals surface area contributed by atoms with Gasteiger partial charge < -0.3 is 0 Å². The predicted octanol–water partition coefficient (Wildman–Crippen LogP) is 0.143. The van der Waals surface area contributed by atoms with Gasteiger partial charge in [0.2, 0.25) is 0 Å². The van der Waals surface area contributed by atoms with Gasteiger partial charge >= 0.3 is 0 Å². The molecule has 1 atom stereocenters. The first-order valence-corrected chi connectivity index (χ1v) is 2.20. The van der Waals surface area contributed by atoms with Crippen molar-refractivity contribution in [1.82, 2.24) is 5.32 Å². The van der Waals surface area contributed by atoms with Crippen LogP contribution in [0, 0.1) is 0 Å². The van der Waals surface area contributed by atoms with Crippen LogP contribution in [-0.2, 0) is 0 Å². The summed E-state index contributed by atoms with van der Waals surface area (Å²) in [5.41, 5.74) is 0. The molecule has 0 fully saturated rings. The molecule has 0 amide bonds. The number of rotatable bonds is 1. The van der Waals surface area contributed by atoms with Crippen molar-refractivity contribution in [2.24, 2.45) is 4.99 Å². The molecule has 1 aliphatic rings. The van der Waals surface area contributed by atoms with Gasteiger partial charge in [-0.1, -0.05) is 0 Å². The summed E-state index contributed by atoms with van der Waals surface area (Å²) in [6.07, 6.45) is -0.257. The molecule has 4 heteroatoms. The fraction of sp³-hybridized carbons (Fsp3) is 0.750. The second-order valence-corrected chi connectivity index (χ2v) is 1.47. The minimum absolute atomic E-state index is 0.0949. The molecule has 2 radical (unpaired) electrons. The van der Waals surface area contributed by atoms with Gasteiger partial charge in [-0.25, -0.2) is 8.78 Å². The average Bonchev–Trinajstić information content (AvgIpc) is 2.12. The minimum Gasteiger partial charge on any atom is -0.261 e. The van der Waals surface area contributed by atoms with Gasteiger partial charge in [-0.05, 0) is 0 Å². The van der Waals surface area contributed by atoms with E-state index in [2.05, 4.69) is 16.6 Å². The third-order valence-corrected chi connectivity index (χ3v) is 0.863. The quantitative estimate of drug-likeness (QED) is 0.468. The molecule has 2 nitrogen and oxygen atoms in total. The highest BCUT2D eigenvalue weighted by Crippen LogP contribution is 2.04. The summed E-state index contributed by atoms with van der Waals surface area (Å²) < 4.78 is 23.1. The van der Waals surface area contributed by atoms with Crippen molar-refractivity contribution in [1.29, 1.82) is 0 Å². The third-order valence-electron chi connectivity index (χ3n) is 0.863. The largest absolute Gasteiger partial charge is 0.262 e. The molecule has 0 aliphatic carbocycles. The van der Waals surface area contributed by atoms with Crippen molar-refractivity contribution in [3.63, 3.8) is 0 Å². The first-order chi connectivity index (χ1) is 3.80. The van der Waals surface area contributed by atoms with Gasteiger partial charge in [0, 0.05) is 0 Å². The number of alkyl halides is 2. The standard InChI is InChI=1S/C4H4F2N2/c5-4(6)3-1-7-2-8-3/h3-4H,1H2. The van der Waals surface area contributed by atoms with Crippen LogP contribution >= 0.6 is 0 Å². The molecule has 1 unspecified atom stereocenters. The van der Waals surface area contributed by atoms with Gasteiger partial charge in [-0.2, -0.15) is 0 Å². The molecule has 0 aromatic carbocycles. The minimum atomic E-state index is -2.38. The lowest BCUT2D eigenvalue weighted by molar-refractivity contribution is 0.114. The molecule has 1 rings (SSSR count). The van der Waals surface area contributed by atoms with Crippen molar-refractivity contribution in [2.45, 2.75) is 12.5 Å². The normalized spacial score (nSPS) is 26.6. The van der Waals surface area contributed by atoms with E-state index in [9.17, 15) is 8.78 Å². The smallest absolute Gasteiger partial charge is 0.261 e. The van der Waals surface area contributed by atoms with E-state index in [0.29, 0.717) is 0 Å². The van der Waals surface area contributed by atoms with Crippen LogP contribution in [0.25, 0.3) is 0 Å². The summed E-state index contributed by atoms with van der Waals surface area (Å²) in [5.74, 6) is 0. The van der Waals surface area contributed by atoms with E-state index in [1.807, 2.05) is 0 Å². The molecule has 8 heavy (non-hydrogen) atoms. The molecule has 0 aromatic rings. The van der Waals surface area contributed by atoms with Crippen LogP contribution in [0.2, 0.25) is 0 Å². The van der Waals surface area contributed by atoms with E-state index in [0.717, 1.165) is 0 Å². The Hall–Kier alpha value is -0.670. The van der Waals surface area contributed by atoms with Crippen LogP contribution in [0.5, 0.6) is 0 Å². The average molecular weight is 118 g/mol. The van der Waals surface area contributed by atoms with Gasteiger partial charge in [0.05, 0.1) is 6.54 Å². The Morgan fingerprint density at radius 3 is 2.62 bits per heavy atom. The summed E-state index contributed by atoms with van der Waals surface area (Å²) in [6, 6.07) is -0.921. The Balaban J connectivity index is 2.29. The third kappa shape index (κ3) is 0.936. The number of hydrogen-bond acceptors (Lipinski definition) is 1. The second-order valence-electron chi connectivity index (χ2n) is 1.47. The number of hydrogen-bond donors (Lipinski definition) is 0. The van der Waals surface area contributed by atoms with Gasteiger partial charge in [0.25, 0.3) is 6.43 Å². The van der Waals surface area contributed by atoms with E-state index >= 15 is 0 Å². The Labute approximate surface area is 45.6 Å². The maximum Gasteiger partial charge on any atom is 0.262 e. The second kappa shape index (κ2) is 2.07. The summed E-state index contributed by atoms with van der Waals surface area (Å²) in [7, 11) is 0. The van der Waals surface area contributed by atoms with Gasteiger partial charge in [0.1, 0.15) is 6.04 Å². The first-order valence-electron chi connectivity index (χ1n) is 2.20. The van der Waals surface area contributed by atoms with Gasteiger partial charge in [-0.3, -0.25) is 10.3 Å². The van der Waals surface area contributed by atoms with Crippen LogP contribution in [0.4, 0.5) is 8.78 Å². The predicted molar refractivity (Wildman–Crippen MR) is 24.2 cm³/mol. The zero-order valence-electron chi connectivity index (χ0n) is 4.01. The Kier molecular flexibility index (Phi) is 1.41. The zero-order valence-corrected chi connectivity index (χ0v) is 4.01. The van der Waals surface area contributed by atoms with E-state index in [4.69, 9.17) is 0 Å². The summed E-state index contributed by atoms with van der Waals surface area (Å²) in [5, 5.41) is 3.27. The van der Waals surface area contributed by atoms with Crippen LogP contribution in [0.15, 0.2) is 4.99 Å². The number of halogens is 2. The van der Waals surface area contributed by atoms with Crippen LogP contribution in [0.3, 0.4) is 0 Å². The van der Waals surface area contributed by atoms with Crippen molar-refractivity contribution in [3.05, 3.63) is 0 Å². The number of nitrogens with zero attached hydrogens (tertiary/aromatic N) is 2. The Bertz CT molecular complexity index is 94.2. The van der Waals surface area contributed by atoms with Gasteiger partial charge in [0.15, 0.2) is 6.34 Å². The van der Waals surface area contributed by atoms with Gasteiger partial charge in [-0.15, -0.1) is 0 Å². The Morgan fingerprint density at radius 2 is 2.38 bits per heavy atom. The molecule has 0 saturated heterocycles. The van der Waals surface area contributed by atoms with Crippen LogP contribution < -0.4 is 5.32 Å². The monoisotopic (exact) mass is 118 g/mol. The highest BCUT2D eigenvalue weighted by molar-refractivity contribution is 5.56. The molecule has 1 heterocycles. The lowest BCUT2D eigenvalue weighted by Crippen LogP contribution is -2.26. The van der Waals surface area contributed by atoms with Crippen molar-refractivity contribution in [2.75, 3.05) is 6.54 Å². The molecule has 0 N–H and O–H groups in total. The SMILES string of the molecule is FC(F)C1CN=[C][N]1. The molecular weight excluding hydrogens is 114 g/mol. The van der Waals surface area contributed by atoms with E-state index in [-0.39, 0.29) is 6.54 Å². The summed E-state index contributed by atoms with van der Waals surface area (Å²) in [6.45, 7) is 0.0949. The first kappa shape index (κ1) is 5.47. The van der Waals surface area contributed by atoms with Crippen molar-refractivity contribution in [3.8, 4) is 0 Å². The summed E-state index contributed by atoms with van der Waals surface area (Å²) >= 11 is 0. The fourth-order valence-electron chi connectivity index (χ4n) is 0.426. The lowest BCUT2D eigenvalue weighted by Gasteiger charge is -2.02. The van der Waals surface area contributed by atoms with Crippen LogP contribution in [0.1, 0.15) is 0 Å². The highest BCUT2D eigenvalue weighted by Gasteiger charge is 2.23. The molecule has 1 aliphatic heterocycles. The highest BCUT2D eigenvalue weighted by atomic mass is 19.3. The lowest BCUT2D eigenvalue weighted by atomic mass is 10.3. The molecule has 44 valence electrons. The van der Waals surface area contributed by atoms with E-state index in [1.54, 1.807) is 0 Å².